The average molecular weight is 406 g/mol. The second kappa shape index (κ2) is 8.02. The van der Waals surface area contributed by atoms with Crippen LogP contribution in [0, 0.1) is 11.7 Å². The molecule has 0 saturated heterocycles. The lowest BCUT2D eigenvalue weighted by atomic mass is 10.0. The van der Waals surface area contributed by atoms with Gasteiger partial charge in [0, 0.05) is 5.02 Å². The van der Waals surface area contributed by atoms with Gasteiger partial charge in [-0.05, 0) is 36.2 Å². The molecule has 0 bridgehead atoms. The molecule has 1 heterocycles. The number of thiazole rings is 1. The number of aromatic nitrogens is 1. The molecule has 0 aliphatic rings. The highest BCUT2D eigenvalue weighted by Gasteiger charge is 2.26. The molecule has 2 N–H and O–H groups in total. The van der Waals surface area contributed by atoms with Crippen molar-refractivity contribution in [3.8, 4) is 0 Å². The van der Waals surface area contributed by atoms with Crippen LogP contribution in [-0.2, 0) is 4.79 Å². The fourth-order valence-corrected chi connectivity index (χ4v) is 3.68. The normalized spacial score (nSPS) is 12.2. The number of rotatable bonds is 5. The summed E-state index contributed by atoms with van der Waals surface area (Å²) in [5, 5.41) is 6.31. The van der Waals surface area contributed by atoms with E-state index in [0.717, 1.165) is 10.2 Å². The van der Waals surface area contributed by atoms with Crippen LogP contribution in [-0.4, -0.2) is 22.8 Å². The molecule has 0 unspecified atom stereocenters. The maximum Gasteiger partial charge on any atom is 0.254 e. The Labute approximate surface area is 164 Å². The zero-order valence-electron chi connectivity index (χ0n) is 14.6. The Bertz CT molecular complexity index is 1010. The molecule has 0 spiro atoms. The smallest absolute Gasteiger partial charge is 0.254 e. The van der Waals surface area contributed by atoms with Gasteiger partial charge in [-0.2, -0.15) is 0 Å². The minimum atomic E-state index is -0.840. The largest absolute Gasteiger partial charge is 0.340 e. The Kier molecular flexibility index (Phi) is 5.72. The molecule has 0 aliphatic carbocycles. The van der Waals surface area contributed by atoms with Gasteiger partial charge in [-0.25, -0.2) is 9.37 Å². The van der Waals surface area contributed by atoms with Crippen molar-refractivity contribution in [1.29, 1.82) is 0 Å². The Balaban J connectivity index is 1.76. The summed E-state index contributed by atoms with van der Waals surface area (Å²) in [6.07, 6.45) is 0. The van der Waals surface area contributed by atoms with Gasteiger partial charge in [-0.1, -0.05) is 48.9 Å². The van der Waals surface area contributed by atoms with Crippen molar-refractivity contribution in [1.82, 2.24) is 10.3 Å². The van der Waals surface area contributed by atoms with Crippen LogP contribution in [0.25, 0.3) is 10.2 Å². The molecule has 27 heavy (non-hydrogen) atoms. The monoisotopic (exact) mass is 405 g/mol. The van der Waals surface area contributed by atoms with E-state index >= 15 is 0 Å². The highest BCUT2D eigenvalue weighted by molar-refractivity contribution is 7.22. The van der Waals surface area contributed by atoms with Crippen molar-refractivity contribution in [3.05, 3.63) is 58.9 Å². The molecule has 2 amide bonds. The molecule has 3 rings (SSSR count). The van der Waals surface area contributed by atoms with Crippen molar-refractivity contribution >= 4 is 50.1 Å². The van der Waals surface area contributed by atoms with E-state index in [0.29, 0.717) is 10.2 Å². The molecule has 0 aliphatic heterocycles. The lowest BCUT2D eigenvalue weighted by Gasteiger charge is -2.21. The van der Waals surface area contributed by atoms with Crippen LogP contribution in [0.15, 0.2) is 42.5 Å². The molecule has 1 atom stereocenters. The predicted molar refractivity (Wildman–Crippen MR) is 106 cm³/mol. The van der Waals surface area contributed by atoms with E-state index in [4.69, 9.17) is 11.6 Å². The van der Waals surface area contributed by atoms with Gasteiger partial charge < -0.3 is 10.6 Å². The predicted octanol–water partition coefficient (Wildman–Crippen LogP) is 4.48. The van der Waals surface area contributed by atoms with Gasteiger partial charge in [-0.3, -0.25) is 9.59 Å². The maximum atomic E-state index is 13.8. The van der Waals surface area contributed by atoms with E-state index in [1.807, 2.05) is 0 Å². The molecule has 0 radical (unpaired) electrons. The number of halogens is 2. The summed E-state index contributed by atoms with van der Waals surface area (Å²) in [5.41, 5.74) is 0.613. The Hall–Kier alpha value is -2.51. The average Bonchev–Trinajstić information content (AvgIpc) is 3.00. The lowest BCUT2D eigenvalue weighted by Crippen LogP contribution is -2.47. The van der Waals surface area contributed by atoms with E-state index in [2.05, 4.69) is 15.6 Å². The first-order chi connectivity index (χ1) is 12.8. The fourth-order valence-electron chi connectivity index (χ4n) is 2.53. The van der Waals surface area contributed by atoms with Crippen LogP contribution in [0.4, 0.5) is 9.52 Å². The molecule has 8 heteroatoms. The summed E-state index contributed by atoms with van der Waals surface area (Å²) in [5.74, 6) is -1.90. The van der Waals surface area contributed by atoms with Crippen LogP contribution in [0.2, 0.25) is 5.02 Å². The number of nitrogens with zero attached hydrogens (tertiary/aromatic N) is 1. The summed E-state index contributed by atoms with van der Waals surface area (Å²) in [6, 6.07) is 10.1. The zero-order chi connectivity index (χ0) is 19.6. The Morgan fingerprint density at radius 1 is 1.19 bits per heavy atom. The van der Waals surface area contributed by atoms with Crippen LogP contribution >= 0.6 is 22.9 Å². The summed E-state index contributed by atoms with van der Waals surface area (Å²) < 4.78 is 14.7. The summed E-state index contributed by atoms with van der Waals surface area (Å²) in [6.45, 7) is 3.59. The van der Waals surface area contributed by atoms with Gasteiger partial charge in [0.2, 0.25) is 5.91 Å². The van der Waals surface area contributed by atoms with Crippen molar-refractivity contribution in [2.24, 2.45) is 5.92 Å². The van der Waals surface area contributed by atoms with E-state index < -0.39 is 23.7 Å². The quantitative estimate of drug-likeness (QED) is 0.657. The fraction of sp³-hybridized carbons (Fsp3) is 0.211. The molecule has 0 fully saturated rings. The van der Waals surface area contributed by atoms with E-state index in [1.54, 1.807) is 38.1 Å². The minimum Gasteiger partial charge on any atom is -0.340 e. The number of fused-ring (bicyclic) bond motifs is 1. The maximum absolute atomic E-state index is 13.8. The molecule has 5 nitrogen and oxygen atoms in total. The number of hydrogen-bond acceptors (Lipinski definition) is 4. The second-order valence-corrected chi connectivity index (χ2v) is 7.76. The zero-order valence-corrected chi connectivity index (χ0v) is 16.2. The number of carbonyl (C=O) groups excluding carboxylic acids is 2. The Morgan fingerprint density at radius 3 is 2.63 bits per heavy atom. The third-order valence-electron chi connectivity index (χ3n) is 3.93. The van der Waals surface area contributed by atoms with Gasteiger partial charge >= 0.3 is 0 Å². The summed E-state index contributed by atoms with van der Waals surface area (Å²) in [4.78, 5) is 29.4. The summed E-state index contributed by atoms with van der Waals surface area (Å²) >= 11 is 7.25. The van der Waals surface area contributed by atoms with Crippen LogP contribution < -0.4 is 10.6 Å². The third kappa shape index (κ3) is 4.43. The Morgan fingerprint density at radius 2 is 1.93 bits per heavy atom. The van der Waals surface area contributed by atoms with E-state index in [1.165, 1.54) is 29.5 Å². The minimum absolute atomic E-state index is 0.106. The first kappa shape index (κ1) is 19.3. The van der Waals surface area contributed by atoms with Crippen molar-refractivity contribution in [2.45, 2.75) is 19.9 Å². The summed E-state index contributed by atoms with van der Waals surface area (Å²) in [7, 11) is 0. The number of amides is 2. The number of hydrogen-bond donors (Lipinski definition) is 2. The molecular weight excluding hydrogens is 389 g/mol. The van der Waals surface area contributed by atoms with E-state index in [9.17, 15) is 14.0 Å². The van der Waals surface area contributed by atoms with Gasteiger partial charge in [0.05, 0.1) is 15.8 Å². The first-order valence-electron chi connectivity index (χ1n) is 8.27. The molecule has 2 aromatic carbocycles. The number of carbonyl (C=O) groups is 2. The lowest BCUT2D eigenvalue weighted by molar-refractivity contribution is -0.118. The first-order valence-corrected chi connectivity index (χ1v) is 9.47. The van der Waals surface area contributed by atoms with Gasteiger partial charge in [-0.15, -0.1) is 0 Å². The van der Waals surface area contributed by atoms with Crippen LogP contribution in [0.1, 0.15) is 24.2 Å². The van der Waals surface area contributed by atoms with E-state index in [-0.39, 0.29) is 11.5 Å². The highest BCUT2D eigenvalue weighted by Crippen LogP contribution is 2.28. The topological polar surface area (TPSA) is 71.1 Å². The molecule has 1 aromatic heterocycles. The SMILES string of the molecule is CC(C)[C@H](NC(=O)c1ccccc1F)C(=O)Nc1nc2ccc(Cl)cc2s1. The number of nitrogens with one attached hydrogen (secondary N) is 2. The van der Waals surface area contributed by atoms with Crippen molar-refractivity contribution in [2.75, 3.05) is 5.32 Å². The van der Waals surface area contributed by atoms with Crippen LogP contribution in [0.3, 0.4) is 0 Å². The van der Waals surface area contributed by atoms with Gasteiger partial charge in [0.25, 0.3) is 5.91 Å². The second-order valence-electron chi connectivity index (χ2n) is 6.30. The van der Waals surface area contributed by atoms with Gasteiger partial charge in [0.1, 0.15) is 11.9 Å². The van der Waals surface area contributed by atoms with Crippen molar-refractivity contribution in [3.63, 3.8) is 0 Å². The molecule has 0 saturated carbocycles. The molecular formula is C19H17ClFN3O2S. The third-order valence-corrected chi connectivity index (χ3v) is 5.10. The van der Waals surface area contributed by atoms with Gasteiger partial charge in [0.15, 0.2) is 5.13 Å². The molecule has 3 aromatic rings. The highest BCUT2D eigenvalue weighted by atomic mass is 35.5. The standard InChI is InChI=1S/C19H17ClFN3O2S/c1-10(2)16(23-17(25)12-5-3-4-6-13(12)21)18(26)24-19-22-14-8-7-11(20)9-15(14)27-19/h3-10,16H,1-2H3,(H,23,25)(H,22,24,26)/t16-/m0/s1. The van der Waals surface area contributed by atoms with Crippen molar-refractivity contribution < 1.29 is 14.0 Å². The molecule has 140 valence electrons. The van der Waals surface area contributed by atoms with Crippen LogP contribution in [0.5, 0.6) is 0 Å². The number of benzene rings is 2. The number of anilines is 1.